The van der Waals surface area contributed by atoms with E-state index in [1.54, 1.807) is 4.90 Å². The Kier molecular flexibility index (Phi) is 7.25. The van der Waals surface area contributed by atoms with Gasteiger partial charge in [-0.15, -0.1) is 24.8 Å². The predicted octanol–water partition coefficient (Wildman–Crippen LogP) is 1.52. The van der Waals surface area contributed by atoms with Crippen LogP contribution < -0.4 is 5.73 Å². The van der Waals surface area contributed by atoms with Crippen LogP contribution in [0.1, 0.15) is 13.3 Å². The average Bonchev–Trinajstić information content (AvgIpc) is 2.08. The second kappa shape index (κ2) is 5.96. The summed E-state index contributed by atoms with van der Waals surface area (Å²) < 4.78 is 25.1. The first-order valence-corrected chi connectivity index (χ1v) is 3.85. The number of halogens is 4. The van der Waals surface area contributed by atoms with Gasteiger partial charge < -0.3 is 5.73 Å². The molecule has 0 aliphatic carbocycles. The molecule has 6 heteroatoms. The van der Waals surface area contributed by atoms with Gasteiger partial charge >= 0.3 is 0 Å². The summed E-state index contributed by atoms with van der Waals surface area (Å²) in [5.41, 5.74) is 5.47. The van der Waals surface area contributed by atoms with Gasteiger partial charge in [0.25, 0.3) is 5.92 Å². The Morgan fingerprint density at radius 3 is 2.31 bits per heavy atom. The summed E-state index contributed by atoms with van der Waals surface area (Å²) in [7, 11) is 0. The third-order valence-corrected chi connectivity index (χ3v) is 1.79. The standard InChI is InChI=1S/C7H14F2N2.2ClH/c1-6(10)4-11-3-2-7(8,9)5-11;;/h6H,2-5,10H2,1H3;2*1H/t6-;;/m0../s1. The molecule has 0 aromatic carbocycles. The predicted molar refractivity (Wildman–Crippen MR) is 54.1 cm³/mol. The Morgan fingerprint density at radius 1 is 1.46 bits per heavy atom. The fraction of sp³-hybridized carbons (Fsp3) is 1.00. The van der Waals surface area contributed by atoms with Crippen LogP contribution in [0.2, 0.25) is 0 Å². The zero-order valence-electron chi connectivity index (χ0n) is 7.50. The largest absolute Gasteiger partial charge is 0.327 e. The van der Waals surface area contributed by atoms with Crippen LogP contribution >= 0.6 is 24.8 Å². The van der Waals surface area contributed by atoms with Gasteiger partial charge in [0.2, 0.25) is 0 Å². The number of rotatable bonds is 2. The highest BCUT2D eigenvalue weighted by Gasteiger charge is 2.37. The van der Waals surface area contributed by atoms with E-state index in [-0.39, 0.29) is 43.8 Å². The number of hydrogen-bond acceptors (Lipinski definition) is 2. The fourth-order valence-corrected chi connectivity index (χ4v) is 1.37. The summed E-state index contributed by atoms with van der Waals surface area (Å²) in [5, 5.41) is 0. The van der Waals surface area contributed by atoms with Crippen molar-refractivity contribution in [3.63, 3.8) is 0 Å². The van der Waals surface area contributed by atoms with Crippen LogP contribution in [0, 0.1) is 0 Å². The third-order valence-electron chi connectivity index (χ3n) is 1.79. The van der Waals surface area contributed by atoms with Crippen molar-refractivity contribution >= 4 is 24.8 Å². The molecule has 2 nitrogen and oxygen atoms in total. The molecule has 1 rings (SSSR count). The van der Waals surface area contributed by atoms with E-state index in [1.165, 1.54) is 0 Å². The lowest BCUT2D eigenvalue weighted by molar-refractivity contribution is 0.0119. The van der Waals surface area contributed by atoms with E-state index in [4.69, 9.17) is 5.73 Å². The van der Waals surface area contributed by atoms with Gasteiger partial charge in [0.1, 0.15) is 0 Å². The molecule has 82 valence electrons. The van der Waals surface area contributed by atoms with E-state index in [9.17, 15) is 8.78 Å². The van der Waals surface area contributed by atoms with Crippen LogP contribution in [0.15, 0.2) is 0 Å². The SMILES string of the molecule is C[C@H](N)CN1CCC(F)(F)C1.Cl.Cl. The molecule has 1 aliphatic heterocycles. The van der Waals surface area contributed by atoms with E-state index in [2.05, 4.69) is 0 Å². The summed E-state index contributed by atoms with van der Waals surface area (Å²) in [6.45, 7) is 2.77. The van der Waals surface area contributed by atoms with E-state index in [1.807, 2.05) is 6.92 Å². The van der Waals surface area contributed by atoms with Crippen LogP contribution in [-0.4, -0.2) is 36.5 Å². The Labute approximate surface area is 89.7 Å². The number of hydrogen-bond donors (Lipinski definition) is 1. The molecule has 0 unspecified atom stereocenters. The van der Waals surface area contributed by atoms with Crippen molar-refractivity contribution in [3.8, 4) is 0 Å². The summed E-state index contributed by atoms with van der Waals surface area (Å²) in [6, 6.07) is -0.0103. The smallest absolute Gasteiger partial charge is 0.261 e. The first-order valence-electron chi connectivity index (χ1n) is 3.85. The highest BCUT2D eigenvalue weighted by atomic mass is 35.5. The van der Waals surface area contributed by atoms with E-state index < -0.39 is 5.92 Å². The lowest BCUT2D eigenvalue weighted by Crippen LogP contribution is -2.35. The summed E-state index contributed by atoms with van der Waals surface area (Å²) in [6.07, 6.45) is -0.0142. The molecule has 1 fully saturated rings. The van der Waals surface area contributed by atoms with Crippen molar-refractivity contribution < 1.29 is 8.78 Å². The molecule has 0 bridgehead atoms. The minimum atomic E-state index is -2.48. The Bertz CT molecular complexity index is 144. The Morgan fingerprint density at radius 2 is 2.00 bits per heavy atom. The van der Waals surface area contributed by atoms with Gasteiger partial charge in [-0.25, -0.2) is 8.78 Å². The Balaban J connectivity index is 0. The van der Waals surface area contributed by atoms with E-state index in [0.29, 0.717) is 13.1 Å². The van der Waals surface area contributed by atoms with Gasteiger partial charge in [0.05, 0.1) is 6.54 Å². The molecule has 0 aromatic rings. The lowest BCUT2D eigenvalue weighted by Gasteiger charge is -2.17. The lowest BCUT2D eigenvalue weighted by atomic mass is 10.3. The number of nitrogens with two attached hydrogens (primary N) is 1. The van der Waals surface area contributed by atoms with Gasteiger partial charge in [0, 0.05) is 25.6 Å². The number of alkyl halides is 2. The molecule has 13 heavy (non-hydrogen) atoms. The molecule has 0 aromatic heterocycles. The minimum absolute atomic E-state index is 0. The molecule has 1 saturated heterocycles. The Hall–Kier alpha value is 0.360. The van der Waals surface area contributed by atoms with Gasteiger partial charge in [-0.3, -0.25) is 4.90 Å². The van der Waals surface area contributed by atoms with Crippen LogP contribution in [0.5, 0.6) is 0 Å². The molecule has 0 spiro atoms. The molecule has 1 atom stereocenters. The van der Waals surface area contributed by atoms with Crippen molar-refractivity contribution in [2.75, 3.05) is 19.6 Å². The molecular weight excluding hydrogens is 221 g/mol. The number of nitrogens with zero attached hydrogens (tertiary/aromatic N) is 1. The summed E-state index contributed by atoms with van der Waals surface area (Å²) >= 11 is 0. The molecule has 1 aliphatic rings. The van der Waals surface area contributed by atoms with Crippen molar-refractivity contribution in [3.05, 3.63) is 0 Å². The molecule has 0 amide bonds. The van der Waals surface area contributed by atoms with Gasteiger partial charge in [-0.05, 0) is 6.92 Å². The normalized spacial score (nSPS) is 23.1. The highest BCUT2D eigenvalue weighted by molar-refractivity contribution is 5.85. The van der Waals surface area contributed by atoms with Gasteiger partial charge in [-0.2, -0.15) is 0 Å². The van der Waals surface area contributed by atoms with Crippen molar-refractivity contribution in [2.45, 2.75) is 25.3 Å². The summed E-state index contributed by atoms with van der Waals surface area (Å²) in [4.78, 5) is 1.71. The maximum absolute atomic E-state index is 12.6. The van der Waals surface area contributed by atoms with Crippen molar-refractivity contribution in [1.82, 2.24) is 4.90 Å². The fourth-order valence-electron chi connectivity index (χ4n) is 1.37. The minimum Gasteiger partial charge on any atom is -0.327 e. The average molecular weight is 237 g/mol. The molecular formula is C7H16Cl2F2N2. The van der Waals surface area contributed by atoms with Crippen LogP contribution in [0.3, 0.4) is 0 Å². The first kappa shape index (κ1) is 15.8. The van der Waals surface area contributed by atoms with Crippen LogP contribution in [0.4, 0.5) is 8.78 Å². The topological polar surface area (TPSA) is 29.3 Å². The highest BCUT2D eigenvalue weighted by Crippen LogP contribution is 2.26. The zero-order valence-corrected chi connectivity index (χ0v) is 9.14. The molecule has 2 N–H and O–H groups in total. The first-order chi connectivity index (χ1) is 4.99. The quantitative estimate of drug-likeness (QED) is 0.788. The second-order valence-electron chi connectivity index (χ2n) is 3.32. The van der Waals surface area contributed by atoms with Crippen molar-refractivity contribution in [1.29, 1.82) is 0 Å². The van der Waals surface area contributed by atoms with Gasteiger partial charge in [-0.1, -0.05) is 0 Å². The van der Waals surface area contributed by atoms with E-state index in [0.717, 1.165) is 0 Å². The van der Waals surface area contributed by atoms with Crippen LogP contribution in [0.25, 0.3) is 0 Å². The molecule has 0 radical (unpaired) electrons. The summed E-state index contributed by atoms with van der Waals surface area (Å²) in [5.74, 6) is -2.48. The molecule has 1 heterocycles. The maximum atomic E-state index is 12.6. The third kappa shape index (κ3) is 5.62. The van der Waals surface area contributed by atoms with E-state index >= 15 is 0 Å². The van der Waals surface area contributed by atoms with Gasteiger partial charge in [0.15, 0.2) is 0 Å². The zero-order chi connectivity index (χ0) is 8.48. The number of likely N-dealkylation sites (tertiary alicyclic amines) is 1. The maximum Gasteiger partial charge on any atom is 0.261 e. The molecule has 0 saturated carbocycles. The van der Waals surface area contributed by atoms with Crippen molar-refractivity contribution in [2.24, 2.45) is 5.73 Å². The van der Waals surface area contributed by atoms with Crippen LogP contribution in [-0.2, 0) is 0 Å². The second-order valence-corrected chi connectivity index (χ2v) is 3.32. The monoisotopic (exact) mass is 236 g/mol.